The smallest absolute Gasteiger partial charge is 0.267 e. The lowest BCUT2D eigenvalue weighted by Gasteiger charge is -2.11. The lowest BCUT2D eigenvalue weighted by molar-refractivity contribution is 0.0956. The highest BCUT2D eigenvalue weighted by molar-refractivity contribution is 6.07. The molecule has 0 bridgehead atoms. The molecule has 0 atom stereocenters. The molecule has 1 N–H and O–H groups in total. The van der Waals surface area contributed by atoms with Crippen LogP contribution in [0.25, 0.3) is 22.2 Å². The van der Waals surface area contributed by atoms with Gasteiger partial charge in [-0.1, -0.05) is 66.2 Å². The monoisotopic (exact) mass is 379 g/mol. The summed E-state index contributed by atoms with van der Waals surface area (Å²) >= 11 is 0. The molecule has 0 aliphatic heterocycles. The van der Waals surface area contributed by atoms with Gasteiger partial charge in [-0.2, -0.15) is 5.10 Å². The second kappa shape index (κ2) is 8.07. The molecule has 0 saturated heterocycles. The molecule has 0 aliphatic rings. The highest BCUT2D eigenvalue weighted by Crippen LogP contribution is 2.27. The number of nitrogens with zero attached hydrogens (tertiary/aromatic N) is 2. The van der Waals surface area contributed by atoms with Gasteiger partial charge in [0.05, 0.1) is 23.0 Å². The molecule has 0 saturated carbocycles. The lowest BCUT2D eigenvalue weighted by atomic mass is 9.99. The largest absolute Gasteiger partial charge is 0.272 e. The Kier molecular flexibility index (Phi) is 5.16. The van der Waals surface area contributed by atoms with Crippen molar-refractivity contribution in [3.63, 3.8) is 0 Å². The zero-order chi connectivity index (χ0) is 20.2. The lowest BCUT2D eigenvalue weighted by Crippen LogP contribution is -2.18. The third-order valence-corrected chi connectivity index (χ3v) is 4.81. The standard InChI is InChI=1S/C25H21N3O/c1-17-12-13-18(2)21(14-17)24-15-22(20-10-6-7-11-23(20)27-24)25(29)28-26-16-19-8-4-3-5-9-19/h3-16H,1-2H3,(H,28,29)/b26-16-. The van der Waals surface area contributed by atoms with Crippen molar-refractivity contribution in [1.29, 1.82) is 0 Å². The molecule has 1 aromatic heterocycles. The summed E-state index contributed by atoms with van der Waals surface area (Å²) in [6.45, 7) is 4.10. The van der Waals surface area contributed by atoms with Crippen LogP contribution in [0.2, 0.25) is 0 Å². The van der Waals surface area contributed by atoms with Crippen LogP contribution in [0.5, 0.6) is 0 Å². The van der Waals surface area contributed by atoms with E-state index in [0.717, 1.165) is 38.9 Å². The van der Waals surface area contributed by atoms with Crippen molar-refractivity contribution in [3.05, 3.63) is 101 Å². The summed E-state index contributed by atoms with van der Waals surface area (Å²) in [6.07, 6.45) is 1.63. The minimum atomic E-state index is -0.262. The van der Waals surface area contributed by atoms with Crippen LogP contribution in [-0.4, -0.2) is 17.1 Å². The second-order valence-corrected chi connectivity index (χ2v) is 7.00. The molecule has 0 fully saturated rings. The summed E-state index contributed by atoms with van der Waals surface area (Å²) in [5, 5.41) is 4.91. The normalized spacial score (nSPS) is 11.1. The molecular weight excluding hydrogens is 358 g/mol. The fourth-order valence-corrected chi connectivity index (χ4v) is 3.28. The van der Waals surface area contributed by atoms with Gasteiger partial charge >= 0.3 is 0 Å². The maximum Gasteiger partial charge on any atom is 0.272 e. The van der Waals surface area contributed by atoms with Gasteiger partial charge in [0.15, 0.2) is 0 Å². The maximum atomic E-state index is 12.9. The summed E-state index contributed by atoms with van der Waals surface area (Å²) in [5.41, 5.74) is 8.97. The molecule has 142 valence electrons. The number of rotatable bonds is 4. The van der Waals surface area contributed by atoms with Crippen LogP contribution in [0.1, 0.15) is 27.0 Å². The Balaban J connectivity index is 1.74. The van der Waals surface area contributed by atoms with Crippen LogP contribution in [0.4, 0.5) is 0 Å². The number of hydrazone groups is 1. The first kappa shape index (κ1) is 18.6. The van der Waals surface area contributed by atoms with Crippen molar-refractivity contribution in [1.82, 2.24) is 10.4 Å². The first-order valence-corrected chi connectivity index (χ1v) is 9.48. The number of carbonyl (C=O) groups is 1. The Hall–Kier alpha value is -3.79. The van der Waals surface area contributed by atoms with E-state index in [2.05, 4.69) is 42.6 Å². The van der Waals surface area contributed by atoms with Gasteiger partial charge in [-0.25, -0.2) is 10.4 Å². The van der Waals surface area contributed by atoms with Crippen molar-refractivity contribution in [3.8, 4) is 11.3 Å². The molecule has 3 aromatic carbocycles. The van der Waals surface area contributed by atoms with Crippen molar-refractivity contribution < 1.29 is 4.79 Å². The van der Waals surface area contributed by atoms with Gasteiger partial charge < -0.3 is 0 Å². The summed E-state index contributed by atoms with van der Waals surface area (Å²) in [7, 11) is 0. The Morgan fingerprint density at radius 3 is 2.52 bits per heavy atom. The molecule has 4 rings (SSSR count). The van der Waals surface area contributed by atoms with E-state index in [4.69, 9.17) is 4.98 Å². The SMILES string of the molecule is Cc1ccc(C)c(-c2cc(C(=O)N/N=C\c3ccccc3)c3ccccc3n2)c1. The Morgan fingerprint density at radius 2 is 1.69 bits per heavy atom. The fourth-order valence-electron chi connectivity index (χ4n) is 3.28. The van der Waals surface area contributed by atoms with E-state index in [1.165, 1.54) is 0 Å². The quantitative estimate of drug-likeness (QED) is 0.387. The van der Waals surface area contributed by atoms with Crippen LogP contribution in [0, 0.1) is 13.8 Å². The predicted octanol–water partition coefficient (Wildman–Crippen LogP) is 5.28. The topological polar surface area (TPSA) is 54.4 Å². The van der Waals surface area contributed by atoms with Gasteiger partial charge in [0.25, 0.3) is 5.91 Å². The van der Waals surface area contributed by atoms with E-state index >= 15 is 0 Å². The van der Waals surface area contributed by atoms with Gasteiger partial charge in [-0.3, -0.25) is 4.79 Å². The summed E-state index contributed by atoms with van der Waals surface area (Å²) in [4.78, 5) is 17.7. The molecule has 0 radical (unpaired) electrons. The molecule has 4 aromatic rings. The van der Waals surface area contributed by atoms with Crippen LogP contribution in [-0.2, 0) is 0 Å². The number of amides is 1. The van der Waals surface area contributed by atoms with E-state index < -0.39 is 0 Å². The van der Waals surface area contributed by atoms with Crippen molar-refractivity contribution in [2.75, 3.05) is 0 Å². The van der Waals surface area contributed by atoms with E-state index in [-0.39, 0.29) is 5.91 Å². The van der Waals surface area contributed by atoms with Crippen molar-refractivity contribution in [2.45, 2.75) is 13.8 Å². The summed E-state index contributed by atoms with van der Waals surface area (Å²) in [6, 6.07) is 25.4. The minimum absolute atomic E-state index is 0.262. The second-order valence-electron chi connectivity index (χ2n) is 7.00. The third-order valence-electron chi connectivity index (χ3n) is 4.81. The number of fused-ring (bicyclic) bond motifs is 1. The van der Waals surface area contributed by atoms with Crippen LogP contribution in [0.15, 0.2) is 84.0 Å². The van der Waals surface area contributed by atoms with Crippen molar-refractivity contribution in [2.24, 2.45) is 5.10 Å². The Bertz CT molecular complexity index is 1210. The number of para-hydroxylation sites is 1. The maximum absolute atomic E-state index is 12.9. The molecule has 1 heterocycles. The van der Waals surface area contributed by atoms with E-state index in [1.807, 2.05) is 60.7 Å². The first-order chi connectivity index (χ1) is 14.1. The number of nitrogens with one attached hydrogen (secondary N) is 1. The number of pyridine rings is 1. The molecular formula is C25H21N3O. The van der Waals surface area contributed by atoms with Crippen molar-refractivity contribution >= 4 is 23.0 Å². The van der Waals surface area contributed by atoms with Crippen LogP contribution < -0.4 is 5.43 Å². The molecule has 4 nitrogen and oxygen atoms in total. The molecule has 1 amide bonds. The molecule has 0 spiro atoms. The number of hydrogen-bond donors (Lipinski definition) is 1. The fraction of sp³-hybridized carbons (Fsp3) is 0.0800. The summed E-state index contributed by atoms with van der Waals surface area (Å²) in [5.74, 6) is -0.262. The van der Waals surface area contributed by atoms with Gasteiger partial charge in [0.2, 0.25) is 0 Å². The predicted molar refractivity (Wildman–Crippen MR) is 118 cm³/mol. The molecule has 0 unspecified atom stereocenters. The van der Waals surface area contributed by atoms with E-state index in [9.17, 15) is 4.79 Å². The number of hydrogen-bond acceptors (Lipinski definition) is 3. The van der Waals surface area contributed by atoms with Crippen LogP contribution >= 0.6 is 0 Å². The molecule has 29 heavy (non-hydrogen) atoms. The summed E-state index contributed by atoms with van der Waals surface area (Å²) < 4.78 is 0. The minimum Gasteiger partial charge on any atom is -0.267 e. The van der Waals surface area contributed by atoms with Gasteiger partial charge in [-0.05, 0) is 43.2 Å². The average molecular weight is 379 g/mol. The first-order valence-electron chi connectivity index (χ1n) is 9.48. The van der Waals surface area contributed by atoms with Gasteiger partial charge in [0.1, 0.15) is 0 Å². The van der Waals surface area contributed by atoms with E-state index in [0.29, 0.717) is 5.56 Å². The highest BCUT2D eigenvalue weighted by atomic mass is 16.2. The van der Waals surface area contributed by atoms with Crippen LogP contribution in [0.3, 0.4) is 0 Å². The average Bonchev–Trinajstić information content (AvgIpc) is 2.75. The highest BCUT2D eigenvalue weighted by Gasteiger charge is 2.14. The number of carbonyl (C=O) groups excluding carboxylic acids is 1. The van der Waals surface area contributed by atoms with E-state index in [1.54, 1.807) is 6.21 Å². The zero-order valence-corrected chi connectivity index (χ0v) is 16.4. The zero-order valence-electron chi connectivity index (χ0n) is 16.4. The molecule has 4 heteroatoms. The third kappa shape index (κ3) is 4.06. The van der Waals surface area contributed by atoms with Gasteiger partial charge in [-0.15, -0.1) is 0 Å². The number of aryl methyl sites for hydroxylation is 2. The number of aromatic nitrogens is 1. The Labute approximate surface area is 169 Å². The van der Waals surface area contributed by atoms with Gasteiger partial charge in [0, 0.05) is 10.9 Å². The number of benzene rings is 3. The Morgan fingerprint density at radius 1 is 0.931 bits per heavy atom. The molecule has 0 aliphatic carbocycles.